The Labute approximate surface area is 123 Å². The molecule has 1 heterocycles. The summed E-state index contributed by atoms with van der Waals surface area (Å²) < 4.78 is 6.16. The Morgan fingerprint density at radius 1 is 1.25 bits per heavy atom. The van der Waals surface area contributed by atoms with E-state index in [4.69, 9.17) is 4.74 Å². The Morgan fingerprint density at radius 2 is 1.95 bits per heavy atom. The van der Waals surface area contributed by atoms with E-state index in [9.17, 15) is 0 Å². The molecule has 20 heavy (non-hydrogen) atoms. The number of hydrogen-bond acceptors (Lipinski definition) is 2. The number of nitrogens with one attached hydrogen (secondary N) is 1. The third-order valence-electron chi connectivity index (χ3n) is 4.23. The maximum absolute atomic E-state index is 6.16. The molecule has 2 unspecified atom stereocenters. The highest BCUT2D eigenvalue weighted by atomic mass is 16.5. The zero-order valence-electron chi connectivity index (χ0n) is 13.4. The van der Waals surface area contributed by atoms with Crippen molar-refractivity contribution in [2.45, 2.75) is 46.6 Å². The fourth-order valence-electron chi connectivity index (χ4n) is 3.20. The van der Waals surface area contributed by atoms with E-state index in [1.54, 1.807) is 0 Å². The minimum absolute atomic E-state index is 0.268. The third-order valence-corrected chi connectivity index (χ3v) is 4.23. The zero-order chi connectivity index (χ0) is 14.5. The molecule has 1 fully saturated rings. The molecule has 2 atom stereocenters. The second-order valence-electron chi connectivity index (χ2n) is 6.55. The van der Waals surface area contributed by atoms with E-state index in [2.05, 4.69) is 51.2 Å². The van der Waals surface area contributed by atoms with Gasteiger partial charge in [0, 0.05) is 19.1 Å². The van der Waals surface area contributed by atoms with Crippen molar-refractivity contribution in [1.82, 2.24) is 5.32 Å². The summed E-state index contributed by atoms with van der Waals surface area (Å²) in [5, 5.41) is 3.61. The number of ether oxygens (including phenoxy) is 1. The zero-order valence-corrected chi connectivity index (χ0v) is 13.4. The van der Waals surface area contributed by atoms with Gasteiger partial charge >= 0.3 is 0 Å². The van der Waals surface area contributed by atoms with Crippen LogP contribution in [-0.2, 0) is 4.74 Å². The predicted molar refractivity (Wildman–Crippen MR) is 85.0 cm³/mol. The van der Waals surface area contributed by atoms with Crippen LogP contribution in [0.4, 0.5) is 0 Å². The smallest absolute Gasteiger partial charge is 0.0870 e. The number of rotatable bonds is 5. The molecule has 0 spiro atoms. The molecule has 2 rings (SSSR count). The van der Waals surface area contributed by atoms with Crippen LogP contribution in [0.5, 0.6) is 0 Å². The van der Waals surface area contributed by atoms with Gasteiger partial charge in [0.15, 0.2) is 0 Å². The lowest BCUT2D eigenvalue weighted by Gasteiger charge is -2.34. The Balaban J connectivity index is 2.10. The molecule has 112 valence electrons. The van der Waals surface area contributed by atoms with Gasteiger partial charge in [-0.15, -0.1) is 0 Å². The Kier molecular flexibility index (Phi) is 5.62. The standard InChI is InChI=1S/C18H29NO/c1-13(2)11-19-12-16-9-6-10-20-18(16)17-14(3)7-5-8-15(17)4/h5,7-8,13,16,18-19H,6,9-12H2,1-4H3. The van der Waals surface area contributed by atoms with E-state index in [1.807, 2.05) is 0 Å². The molecule has 0 aliphatic carbocycles. The van der Waals surface area contributed by atoms with E-state index in [0.29, 0.717) is 11.8 Å². The van der Waals surface area contributed by atoms with Crippen LogP contribution in [0.3, 0.4) is 0 Å². The van der Waals surface area contributed by atoms with E-state index >= 15 is 0 Å². The normalized spacial score (nSPS) is 23.2. The van der Waals surface area contributed by atoms with E-state index in [-0.39, 0.29) is 6.10 Å². The van der Waals surface area contributed by atoms with Crippen molar-refractivity contribution in [3.8, 4) is 0 Å². The number of hydrogen-bond donors (Lipinski definition) is 1. The average Bonchev–Trinajstić information content (AvgIpc) is 2.40. The molecule has 1 N–H and O–H groups in total. The first kappa shape index (κ1) is 15.5. The van der Waals surface area contributed by atoms with Gasteiger partial charge in [-0.1, -0.05) is 32.0 Å². The summed E-state index contributed by atoms with van der Waals surface area (Å²) in [5.74, 6) is 1.31. The van der Waals surface area contributed by atoms with Crippen LogP contribution in [0, 0.1) is 25.7 Å². The Morgan fingerprint density at radius 3 is 2.60 bits per heavy atom. The summed E-state index contributed by atoms with van der Waals surface area (Å²) in [6.45, 7) is 12.0. The van der Waals surface area contributed by atoms with E-state index < -0.39 is 0 Å². The van der Waals surface area contributed by atoms with Gasteiger partial charge in [0.25, 0.3) is 0 Å². The summed E-state index contributed by atoms with van der Waals surface area (Å²) in [6.07, 6.45) is 2.73. The predicted octanol–water partition coefficient (Wildman–Crippen LogP) is 4.02. The highest BCUT2D eigenvalue weighted by Crippen LogP contribution is 2.36. The van der Waals surface area contributed by atoms with Crippen LogP contribution >= 0.6 is 0 Å². The van der Waals surface area contributed by atoms with Crippen LogP contribution in [-0.4, -0.2) is 19.7 Å². The van der Waals surface area contributed by atoms with Crippen molar-refractivity contribution >= 4 is 0 Å². The second-order valence-corrected chi connectivity index (χ2v) is 6.55. The molecule has 0 aromatic heterocycles. The lowest BCUT2D eigenvalue weighted by molar-refractivity contribution is -0.0285. The second kappa shape index (κ2) is 7.24. The van der Waals surface area contributed by atoms with Crippen molar-refractivity contribution in [1.29, 1.82) is 0 Å². The van der Waals surface area contributed by atoms with Gasteiger partial charge < -0.3 is 10.1 Å². The van der Waals surface area contributed by atoms with Crippen molar-refractivity contribution < 1.29 is 4.74 Å². The van der Waals surface area contributed by atoms with E-state index in [1.165, 1.54) is 29.5 Å². The van der Waals surface area contributed by atoms with Crippen LogP contribution in [0.1, 0.15) is 49.5 Å². The molecule has 0 amide bonds. The van der Waals surface area contributed by atoms with Crippen LogP contribution in [0.2, 0.25) is 0 Å². The molecule has 0 saturated carbocycles. The fourth-order valence-corrected chi connectivity index (χ4v) is 3.20. The first-order chi connectivity index (χ1) is 9.59. The number of aryl methyl sites for hydroxylation is 2. The molecule has 1 aromatic rings. The largest absolute Gasteiger partial charge is 0.373 e. The summed E-state index contributed by atoms with van der Waals surface area (Å²) >= 11 is 0. The maximum atomic E-state index is 6.16. The molecule has 1 aliphatic heterocycles. The molecule has 0 radical (unpaired) electrons. The Bertz CT molecular complexity index is 407. The lowest BCUT2D eigenvalue weighted by atomic mass is 9.85. The van der Waals surface area contributed by atoms with Crippen LogP contribution in [0.25, 0.3) is 0 Å². The average molecular weight is 275 g/mol. The molecule has 1 saturated heterocycles. The first-order valence-electron chi connectivity index (χ1n) is 7.98. The topological polar surface area (TPSA) is 21.3 Å². The quantitative estimate of drug-likeness (QED) is 0.876. The number of benzene rings is 1. The van der Waals surface area contributed by atoms with Gasteiger partial charge in [-0.3, -0.25) is 0 Å². The summed E-state index contributed by atoms with van der Waals surface area (Å²) in [6, 6.07) is 6.56. The maximum Gasteiger partial charge on any atom is 0.0870 e. The summed E-state index contributed by atoms with van der Waals surface area (Å²) in [5.41, 5.74) is 4.15. The van der Waals surface area contributed by atoms with Gasteiger partial charge in [0.2, 0.25) is 0 Å². The molecule has 0 bridgehead atoms. The summed E-state index contributed by atoms with van der Waals surface area (Å²) in [4.78, 5) is 0. The van der Waals surface area contributed by atoms with E-state index in [0.717, 1.165) is 19.7 Å². The Hall–Kier alpha value is -0.860. The molecular formula is C18H29NO. The van der Waals surface area contributed by atoms with Crippen LogP contribution < -0.4 is 5.32 Å². The van der Waals surface area contributed by atoms with Crippen LogP contribution in [0.15, 0.2) is 18.2 Å². The highest BCUT2D eigenvalue weighted by molar-refractivity contribution is 5.36. The minimum Gasteiger partial charge on any atom is -0.373 e. The molecule has 1 aromatic carbocycles. The van der Waals surface area contributed by atoms with Crippen molar-refractivity contribution in [3.63, 3.8) is 0 Å². The van der Waals surface area contributed by atoms with Gasteiger partial charge in [-0.05, 0) is 55.8 Å². The fraction of sp³-hybridized carbons (Fsp3) is 0.667. The van der Waals surface area contributed by atoms with Crippen molar-refractivity contribution in [3.05, 3.63) is 34.9 Å². The highest BCUT2D eigenvalue weighted by Gasteiger charge is 2.29. The minimum atomic E-state index is 0.268. The van der Waals surface area contributed by atoms with Gasteiger partial charge in [0.05, 0.1) is 6.10 Å². The molecule has 2 heteroatoms. The van der Waals surface area contributed by atoms with Gasteiger partial charge in [-0.25, -0.2) is 0 Å². The molecular weight excluding hydrogens is 246 g/mol. The SMILES string of the molecule is Cc1cccc(C)c1C1OCCCC1CNCC(C)C. The third kappa shape index (κ3) is 3.83. The molecule has 2 nitrogen and oxygen atoms in total. The summed E-state index contributed by atoms with van der Waals surface area (Å²) in [7, 11) is 0. The lowest BCUT2D eigenvalue weighted by Crippen LogP contribution is -2.34. The monoisotopic (exact) mass is 275 g/mol. The van der Waals surface area contributed by atoms with Crippen molar-refractivity contribution in [2.24, 2.45) is 11.8 Å². The molecule has 1 aliphatic rings. The van der Waals surface area contributed by atoms with Gasteiger partial charge in [-0.2, -0.15) is 0 Å². The first-order valence-corrected chi connectivity index (χ1v) is 7.98. The van der Waals surface area contributed by atoms with Gasteiger partial charge in [0.1, 0.15) is 0 Å². The van der Waals surface area contributed by atoms with Crippen molar-refractivity contribution in [2.75, 3.05) is 19.7 Å².